The first-order chi connectivity index (χ1) is 10.2. The molecule has 0 atom stereocenters. The van der Waals surface area contributed by atoms with Crippen molar-refractivity contribution >= 4 is 40.1 Å². The third-order valence-electron chi connectivity index (χ3n) is 3.55. The van der Waals surface area contributed by atoms with Crippen LogP contribution in [0.5, 0.6) is 0 Å². The van der Waals surface area contributed by atoms with Crippen LogP contribution >= 0.6 is 13.9 Å². The summed E-state index contributed by atoms with van der Waals surface area (Å²) >= 11 is 4.83. The molecule has 0 saturated carbocycles. The van der Waals surface area contributed by atoms with Gasteiger partial charge in [-0.1, -0.05) is 0 Å². The first-order valence-corrected chi connectivity index (χ1v) is 11.1. The summed E-state index contributed by atoms with van der Waals surface area (Å²) in [5.74, 6) is 0.0912. The number of hydrogen-bond donors (Lipinski definition) is 0. The van der Waals surface area contributed by atoms with Gasteiger partial charge in [-0.25, -0.2) is 0 Å². The van der Waals surface area contributed by atoms with Crippen LogP contribution in [0.2, 0.25) is 0 Å². The van der Waals surface area contributed by atoms with Crippen molar-refractivity contribution in [1.29, 1.82) is 0 Å². The van der Waals surface area contributed by atoms with E-state index in [0.717, 1.165) is 0 Å². The molecule has 0 bridgehead atoms. The molecule has 6 heteroatoms. The summed E-state index contributed by atoms with van der Waals surface area (Å²) in [4.78, 5) is 11.8. The average molecular weight is 349 g/mol. The van der Waals surface area contributed by atoms with Gasteiger partial charge in [-0.2, -0.15) is 0 Å². The maximum absolute atomic E-state index is 11.8. The van der Waals surface area contributed by atoms with Gasteiger partial charge in [0.1, 0.15) is 0 Å². The van der Waals surface area contributed by atoms with Crippen LogP contribution in [0.3, 0.4) is 0 Å². The monoisotopic (exact) mass is 349 g/mol. The van der Waals surface area contributed by atoms with Gasteiger partial charge in [-0.3, -0.25) is 0 Å². The van der Waals surface area contributed by atoms with Crippen molar-refractivity contribution in [1.82, 2.24) is 0 Å². The Bertz CT molecular complexity index is 838. The van der Waals surface area contributed by atoms with Crippen molar-refractivity contribution < 1.29 is 9.53 Å². The molecule has 0 aromatic heterocycles. The molecule has 0 spiro atoms. The van der Waals surface area contributed by atoms with E-state index in [1.807, 2.05) is 24.3 Å². The van der Waals surface area contributed by atoms with Crippen LogP contribution in [0.15, 0.2) is 48.5 Å². The first-order valence-electron chi connectivity index (χ1n) is 6.34. The fraction of sp³-hybridized carbons (Fsp3) is 0.133. The van der Waals surface area contributed by atoms with E-state index in [1.54, 1.807) is 0 Å². The Morgan fingerprint density at radius 3 is 2.19 bits per heavy atom. The number of rotatable bonds is 2. The molecule has 0 heterocycles. The van der Waals surface area contributed by atoms with E-state index in [9.17, 15) is 4.79 Å². The van der Waals surface area contributed by atoms with Crippen LogP contribution in [0.4, 0.5) is 4.79 Å². The van der Waals surface area contributed by atoms with Gasteiger partial charge < -0.3 is 0 Å². The molecule has 0 unspecified atom stereocenters. The molecule has 1 aliphatic rings. The summed E-state index contributed by atoms with van der Waals surface area (Å²) in [5, 5.41) is -0.322. The van der Waals surface area contributed by atoms with Gasteiger partial charge in [0.2, 0.25) is 0 Å². The molecule has 0 radical (unpaired) electrons. The number of hydrogen-bond acceptors (Lipinski definition) is 3. The summed E-state index contributed by atoms with van der Waals surface area (Å²) in [6.45, 7) is 0.335. The van der Waals surface area contributed by atoms with Crippen molar-refractivity contribution in [3.8, 4) is 11.1 Å². The predicted molar refractivity (Wildman–Crippen MR) is 93.6 cm³/mol. The summed E-state index contributed by atoms with van der Waals surface area (Å²) in [7, 11) is 3.33. The van der Waals surface area contributed by atoms with E-state index in [2.05, 4.69) is 32.1 Å². The molecule has 0 saturated heterocycles. The zero-order valence-corrected chi connectivity index (χ0v) is 14.4. The molecule has 0 aliphatic heterocycles. The van der Waals surface area contributed by atoms with Gasteiger partial charge in [0.25, 0.3) is 0 Å². The van der Waals surface area contributed by atoms with E-state index >= 15 is 0 Å². The van der Waals surface area contributed by atoms with Crippen LogP contribution in [-0.2, 0) is 25.6 Å². The first kappa shape index (κ1) is 15.1. The quantitative estimate of drug-likeness (QED) is 0.550. The van der Waals surface area contributed by atoms with E-state index in [-0.39, 0.29) is 11.2 Å². The summed E-state index contributed by atoms with van der Waals surface area (Å²) < 4.78 is 5.42. The topological polar surface area (TPSA) is 26.3 Å². The summed E-state index contributed by atoms with van der Waals surface area (Å²) in [5.41, 5.74) is 4.86. The summed E-state index contributed by atoms with van der Waals surface area (Å²) in [6, 6.07) is 16.5. The molecule has 2 aromatic rings. The molecular formula is C15H11O2P2S2+. The van der Waals surface area contributed by atoms with Crippen molar-refractivity contribution in [2.75, 3.05) is 6.61 Å². The maximum atomic E-state index is 11.8. The van der Waals surface area contributed by atoms with Gasteiger partial charge >= 0.3 is 133 Å². The van der Waals surface area contributed by atoms with Crippen molar-refractivity contribution in [2.24, 2.45) is 0 Å². The minimum atomic E-state index is -0.817. The van der Waals surface area contributed by atoms with E-state index in [0.29, 0.717) is 12.7 Å². The fourth-order valence-electron chi connectivity index (χ4n) is 2.67. The Kier molecular flexibility index (Phi) is 4.71. The standard InChI is InChI=1S/C15H11O2P2S2/c16-15(21(18)19-20)17-9-14-12-7-3-1-5-10(12)11-6-2-4-8-13(11)14/h1-8,14H,9H2/q+1. The Morgan fingerprint density at radius 1 is 1.14 bits per heavy atom. The molecule has 2 nitrogen and oxygen atoms in total. The zero-order valence-electron chi connectivity index (χ0n) is 10.9. The number of carbonyl (C=O) groups is 1. The second kappa shape index (κ2) is 6.54. The molecule has 2 aromatic carbocycles. The fourth-order valence-corrected chi connectivity index (χ4v) is 3.95. The molecular weight excluding hydrogens is 338 g/mol. The van der Waals surface area contributed by atoms with Crippen molar-refractivity contribution in [3.63, 3.8) is 0 Å². The second-order valence-electron chi connectivity index (χ2n) is 4.63. The average Bonchev–Trinajstić information content (AvgIpc) is 2.86. The number of fused-ring (bicyclic) bond motifs is 3. The van der Waals surface area contributed by atoms with Crippen LogP contribution < -0.4 is 0 Å². The normalized spacial score (nSPS) is 12.3. The molecule has 1 aliphatic carbocycles. The number of benzene rings is 2. The van der Waals surface area contributed by atoms with Crippen LogP contribution in [0.25, 0.3) is 11.1 Å². The Hall–Kier alpha value is -0.790. The predicted octanol–water partition coefficient (Wildman–Crippen LogP) is 5.20. The number of ether oxygens (including phenoxy) is 1. The summed E-state index contributed by atoms with van der Waals surface area (Å²) in [6.07, 6.45) is 0.523. The molecule has 0 N–H and O–H groups in total. The van der Waals surface area contributed by atoms with E-state index in [4.69, 9.17) is 16.5 Å². The van der Waals surface area contributed by atoms with Crippen LogP contribution in [-0.4, -0.2) is 11.9 Å². The number of carbonyl (C=O) groups excluding carboxylic acids is 1. The molecule has 0 amide bonds. The molecule has 3 rings (SSSR count). The van der Waals surface area contributed by atoms with Gasteiger partial charge in [-0.15, -0.1) is 0 Å². The zero-order chi connectivity index (χ0) is 14.8. The third-order valence-corrected chi connectivity index (χ3v) is 8.50. The Labute approximate surface area is 133 Å². The van der Waals surface area contributed by atoms with Crippen LogP contribution in [0.1, 0.15) is 17.0 Å². The third kappa shape index (κ3) is 2.91. The van der Waals surface area contributed by atoms with Gasteiger partial charge in [0.15, 0.2) is 0 Å². The van der Waals surface area contributed by atoms with Crippen molar-refractivity contribution in [3.05, 3.63) is 59.7 Å². The van der Waals surface area contributed by atoms with Crippen LogP contribution in [0, 0.1) is 0 Å². The second-order valence-corrected chi connectivity index (χ2v) is 10.5. The molecule has 21 heavy (non-hydrogen) atoms. The van der Waals surface area contributed by atoms with E-state index in [1.165, 1.54) is 22.3 Å². The van der Waals surface area contributed by atoms with Gasteiger partial charge in [0, 0.05) is 0 Å². The van der Waals surface area contributed by atoms with Gasteiger partial charge in [0.05, 0.1) is 0 Å². The van der Waals surface area contributed by atoms with E-state index < -0.39 is 9.05 Å². The Morgan fingerprint density at radius 2 is 1.67 bits per heavy atom. The molecule has 104 valence electrons. The van der Waals surface area contributed by atoms with Crippen molar-refractivity contribution in [2.45, 2.75) is 5.92 Å². The minimum absolute atomic E-state index is 0.0912. The van der Waals surface area contributed by atoms with Gasteiger partial charge in [-0.05, 0) is 0 Å². The SMILES string of the molecule is O=C(OCC1c2ccccc2-c2ccccc21)S(#P)=[P+]=S. The Balaban J connectivity index is 1.95. The molecule has 0 fully saturated rings.